The summed E-state index contributed by atoms with van der Waals surface area (Å²) in [4.78, 5) is 6.84. The molecule has 0 spiro atoms. The molecule has 126 valence electrons. The van der Waals surface area contributed by atoms with Gasteiger partial charge in [-0.05, 0) is 24.5 Å². The fourth-order valence-corrected chi connectivity index (χ4v) is 4.78. The Labute approximate surface area is 138 Å². The monoisotopic (exact) mass is 336 g/mol. The van der Waals surface area contributed by atoms with Crippen molar-refractivity contribution in [1.82, 2.24) is 14.5 Å². The molecule has 0 aromatic heterocycles. The first-order valence-corrected chi connectivity index (χ1v) is 9.60. The number of rotatable bonds is 4. The molecule has 0 bridgehead atoms. The second-order valence-corrected chi connectivity index (χ2v) is 7.96. The van der Waals surface area contributed by atoms with Crippen LogP contribution in [0.3, 0.4) is 0 Å². The molecule has 0 atom stereocenters. The summed E-state index contributed by atoms with van der Waals surface area (Å²) >= 11 is 0. The highest BCUT2D eigenvalue weighted by atomic mass is 32.2. The largest absolute Gasteiger partial charge is 0.352 e. The minimum Gasteiger partial charge on any atom is -0.352 e. The number of nitrogens with one attached hydrogen (secondary N) is 1. The van der Waals surface area contributed by atoms with Crippen molar-refractivity contribution in [2.24, 2.45) is 4.99 Å². The number of nitrogens with zero attached hydrogens (tertiary/aromatic N) is 3. The summed E-state index contributed by atoms with van der Waals surface area (Å²) in [6.45, 7) is 3.40. The predicted octanol–water partition coefficient (Wildman–Crippen LogP) is 1.25. The molecule has 23 heavy (non-hydrogen) atoms. The number of guanidine groups is 1. The van der Waals surface area contributed by atoms with Gasteiger partial charge in [0.15, 0.2) is 5.96 Å². The van der Waals surface area contributed by atoms with Gasteiger partial charge in [0.05, 0.1) is 11.4 Å². The number of sulfonamides is 1. The van der Waals surface area contributed by atoms with Crippen LogP contribution in [0.2, 0.25) is 0 Å². The Morgan fingerprint density at radius 2 is 1.87 bits per heavy atom. The van der Waals surface area contributed by atoms with Gasteiger partial charge in [0.1, 0.15) is 0 Å². The third kappa shape index (κ3) is 3.50. The van der Waals surface area contributed by atoms with Crippen molar-refractivity contribution >= 4 is 16.0 Å². The quantitative estimate of drug-likeness (QED) is 0.899. The second kappa shape index (κ2) is 6.88. The van der Waals surface area contributed by atoms with Crippen molar-refractivity contribution in [3.8, 4) is 0 Å². The SMILES string of the molecule is CN1CCN=C1NCc1ccccc1S(=O)(=O)N1CCCCC1. The Morgan fingerprint density at radius 3 is 2.57 bits per heavy atom. The summed E-state index contributed by atoms with van der Waals surface area (Å²) in [5, 5.41) is 3.26. The van der Waals surface area contributed by atoms with Gasteiger partial charge in [-0.25, -0.2) is 8.42 Å². The fraction of sp³-hybridized carbons (Fsp3) is 0.562. The second-order valence-electron chi connectivity index (χ2n) is 6.05. The van der Waals surface area contributed by atoms with E-state index < -0.39 is 10.0 Å². The average Bonchev–Trinajstić information content (AvgIpc) is 2.99. The summed E-state index contributed by atoms with van der Waals surface area (Å²) in [5.74, 6) is 0.829. The molecule has 0 radical (unpaired) electrons. The van der Waals surface area contributed by atoms with Crippen LogP contribution in [0.15, 0.2) is 34.2 Å². The molecule has 1 saturated heterocycles. The molecule has 0 saturated carbocycles. The zero-order valence-electron chi connectivity index (χ0n) is 13.5. The zero-order chi connectivity index (χ0) is 16.3. The van der Waals surface area contributed by atoms with E-state index in [1.165, 1.54) is 0 Å². The summed E-state index contributed by atoms with van der Waals surface area (Å²) in [6, 6.07) is 7.26. The highest BCUT2D eigenvalue weighted by molar-refractivity contribution is 7.89. The standard InChI is InChI=1S/C16H24N4O2S/c1-19-12-9-17-16(19)18-13-14-7-3-4-8-15(14)23(21,22)20-10-5-2-6-11-20/h3-4,7-8H,2,5-6,9-13H2,1H3,(H,17,18). The molecular weight excluding hydrogens is 312 g/mol. The Bertz CT molecular complexity index is 681. The van der Waals surface area contributed by atoms with Gasteiger partial charge < -0.3 is 10.2 Å². The number of hydrogen-bond donors (Lipinski definition) is 1. The van der Waals surface area contributed by atoms with E-state index in [-0.39, 0.29) is 0 Å². The molecule has 2 aliphatic rings. The van der Waals surface area contributed by atoms with Crippen LogP contribution in [0.4, 0.5) is 0 Å². The van der Waals surface area contributed by atoms with E-state index in [4.69, 9.17) is 0 Å². The first-order chi connectivity index (χ1) is 11.1. The number of aliphatic imine (C=N–C) groups is 1. The fourth-order valence-electron chi connectivity index (χ4n) is 3.04. The molecule has 7 heteroatoms. The molecule has 0 amide bonds. The van der Waals surface area contributed by atoms with Crippen LogP contribution >= 0.6 is 0 Å². The van der Waals surface area contributed by atoms with Crippen LogP contribution in [0.5, 0.6) is 0 Å². The van der Waals surface area contributed by atoms with Gasteiger partial charge in [-0.2, -0.15) is 4.31 Å². The third-order valence-electron chi connectivity index (χ3n) is 4.40. The first kappa shape index (κ1) is 16.3. The van der Waals surface area contributed by atoms with Gasteiger partial charge in [0.25, 0.3) is 0 Å². The summed E-state index contributed by atoms with van der Waals surface area (Å²) in [5.41, 5.74) is 0.793. The molecule has 0 unspecified atom stereocenters. The van der Waals surface area contributed by atoms with E-state index in [9.17, 15) is 8.42 Å². The number of benzene rings is 1. The van der Waals surface area contributed by atoms with Crippen molar-refractivity contribution in [3.05, 3.63) is 29.8 Å². The lowest BCUT2D eigenvalue weighted by Gasteiger charge is -2.27. The molecule has 2 heterocycles. The molecule has 3 rings (SSSR count). The van der Waals surface area contributed by atoms with E-state index in [0.717, 1.165) is 43.9 Å². The van der Waals surface area contributed by atoms with Gasteiger partial charge in [0, 0.05) is 33.2 Å². The lowest BCUT2D eigenvalue weighted by Crippen LogP contribution is -2.37. The van der Waals surface area contributed by atoms with Crippen molar-refractivity contribution < 1.29 is 8.42 Å². The van der Waals surface area contributed by atoms with Crippen LogP contribution in [0.25, 0.3) is 0 Å². The van der Waals surface area contributed by atoms with Crippen molar-refractivity contribution in [2.45, 2.75) is 30.7 Å². The van der Waals surface area contributed by atoms with Gasteiger partial charge in [-0.1, -0.05) is 24.6 Å². The average molecular weight is 336 g/mol. The molecule has 6 nitrogen and oxygen atoms in total. The smallest absolute Gasteiger partial charge is 0.243 e. The van der Waals surface area contributed by atoms with E-state index >= 15 is 0 Å². The lowest BCUT2D eigenvalue weighted by molar-refractivity contribution is 0.346. The van der Waals surface area contributed by atoms with E-state index in [0.29, 0.717) is 24.5 Å². The van der Waals surface area contributed by atoms with Crippen LogP contribution < -0.4 is 5.32 Å². The predicted molar refractivity (Wildman–Crippen MR) is 90.8 cm³/mol. The number of likely N-dealkylation sites (N-methyl/N-ethyl adjacent to an activating group) is 1. The zero-order valence-corrected chi connectivity index (χ0v) is 14.3. The summed E-state index contributed by atoms with van der Waals surface area (Å²) in [7, 11) is -1.43. The summed E-state index contributed by atoms with van der Waals surface area (Å²) < 4.78 is 27.5. The van der Waals surface area contributed by atoms with Gasteiger partial charge >= 0.3 is 0 Å². The maximum absolute atomic E-state index is 12.9. The topological polar surface area (TPSA) is 65.0 Å². The van der Waals surface area contributed by atoms with E-state index in [2.05, 4.69) is 10.3 Å². The Balaban J connectivity index is 1.79. The Kier molecular flexibility index (Phi) is 4.87. The molecule has 2 aliphatic heterocycles. The first-order valence-electron chi connectivity index (χ1n) is 8.16. The van der Waals surface area contributed by atoms with Crippen LogP contribution in [0, 0.1) is 0 Å². The Hall–Kier alpha value is -1.60. The highest BCUT2D eigenvalue weighted by Crippen LogP contribution is 2.23. The number of piperidine rings is 1. The van der Waals surface area contributed by atoms with Gasteiger partial charge in [0.2, 0.25) is 10.0 Å². The number of hydrogen-bond acceptors (Lipinski definition) is 5. The van der Waals surface area contributed by atoms with Gasteiger partial charge in [-0.15, -0.1) is 0 Å². The van der Waals surface area contributed by atoms with Crippen molar-refractivity contribution in [1.29, 1.82) is 0 Å². The molecule has 1 fully saturated rings. The van der Waals surface area contributed by atoms with Crippen LogP contribution in [0.1, 0.15) is 24.8 Å². The van der Waals surface area contributed by atoms with Gasteiger partial charge in [-0.3, -0.25) is 4.99 Å². The minimum absolute atomic E-state index is 0.413. The summed E-state index contributed by atoms with van der Waals surface area (Å²) in [6.07, 6.45) is 3.00. The van der Waals surface area contributed by atoms with Crippen molar-refractivity contribution in [3.63, 3.8) is 0 Å². The molecule has 1 aromatic rings. The normalized spacial score (nSPS) is 19.7. The van der Waals surface area contributed by atoms with Crippen LogP contribution in [-0.2, 0) is 16.6 Å². The highest BCUT2D eigenvalue weighted by Gasteiger charge is 2.28. The van der Waals surface area contributed by atoms with E-state index in [1.807, 2.05) is 24.1 Å². The third-order valence-corrected chi connectivity index (χ3v) is 6.40. The minimum atomic E-state index is -3.41. The molecular formula is C16H24N4O2S. The van der Waals surface area contributed by atoms with Crippen molar-refractivity contribution in [2.75, 3.05) is 33.2 Å². The molecule has 0 aliphatic carbocycles. The van der Waals surface area contributed by atoms with E-state index in [1.54, 1.807) is 16.4 Å². The lowest BCUT2D eigenvalue weighted by atomic mass is 10.2. The Morgan fingerprint density at radius 1 is 1.13 bits per heavy atom. The molecule has 1 N–H and O–H groups in total. The molecule has 1 aromatic carbocycles. The van der Waals surface area contributed by atoms with Crippen LogP contribution in [-0.4, -0.2) is 56.8 Å². The maximum Gasteiger partial charge on any atom is 0.243 e. The maximum atomic E-state index is 12.9.